The van der Waals surface area contributed by atoms with Crippen molar-refractivity contribution in [2.45, 2.75) is 19.4 Å². The monoisotopic (exact) mass is 285 g/mol. The van der Waals surface area contributed by atoms with Crippen molar-refractivity contribution < 1.29 is 4.79 Å². The molecule has 4 nitrogen and oxygen atoms in total. The van der Waals surface area contributed by atoms with E-state index in [1.165, 1.54) is 4.70 Å². The van der Waals surface area contributed by atoms with E-state index in [2.05, 4.69) is 16.4 Å². The predicted octanol–water partition coefficient (Wildman–Crippen LogP) is 1.72. The van der Waals surface area contributed by atoms with E-state index in [-0.39, 0.29) is 18.3 Å². The highest BCUT2D eigenvalue weighted by Gasteiger charge is 2.07. The molecule has 3 N–H and O–H groups in total. The van der Waals surface area contributed by atoms with Crippen LogP contribution in [0.1, 0.15) is 11.9 Å². The molecule has 0 fully saturated rings. The van der Waals surface area contributed by atoms with Crippen LogP contribution in [0.4, 0.5) is 0 Å². The molecule has 0 aliphatic carbocycles. The van der Waals surface area contributed by atoms with Gasteiger partial charge in [-0.3, -0.25) is 4.79 Å². The molecule has 0 aliphatic heterocycles. The van der Waals surface area contributed by atoms with E-state index < -0.39 is 6.04 Å². The molecule has 0 saturated heterocycles. The number of halogens is 1. The number of aromatic nitrogens is 1. The van der Waals surface area contributed by atoms with Crippen LogP contribution < -0.4 is 11.1 Å². The zero-order valence-corrected chi connectivity index (χ0v) is 11.7. The highest BCUT2D eigenvalue weighted by atomic mass is 35.5. The summed E-state index contributed by atoms with van der Waals surface area (Å²) in [5.74, 6) is -0.119. The summed E-state index contributed by atoms with van der Waals surface area (Å²) in [5.41, 5.74) is 6.47. The first-order valence-corrected chi connectivity index (χ1v) is 6.36. The van der Waals surface area contributed by atoms with Gasteiger partial charge in [-0.05, 0) is 19.1 Å². The average molecular weight is 286 g/mol. The van der Waals surface area contributed by atoms with E-state index in [0.29, 0.717) is 6.54 Å². The van der Waals surface area contributed by atoms with E-state index in [4.69, 9.17) is 5.73 Å². The minimum absolute atomic E-state index is 0. The van der Waals surface area contributed by atoms with Gasteiger partial charge in [0.25, 0.3) is 0 Å². The van der Waals surface area contributed by atoms with Gasteiger partial charge in [0, 0.05) is 13.0 Å². The smallest absolute Gasteiger partial charge is 0.236 e. The Morgan fingerprint density at radius 2 is 2.22 bits per heavy atom. The van der Waals surface area contributed by atoms with E-state index in [1.807, 2.05) is 18.2 Å². The van der Waals surface area contributed by atoms with E-state index in [9.17, 15) is 4.79 Å². The quantitative estimate of drug-likeness (QED) is 0.899. The molecule has 1 aromatic heterocycles. The van der Waals surface area contributed by atoms with Gasteiger partial charge in [-0.2, -0.15) is 0 Å². The number of carbonyl (C=O) groups excluding carboxylic acids is 1. The topological polar surface area (TPSA) is 68.0 Å². The number of carbonyl (C=O) groups is 1. The first kappa shape index (κ1) is 14.9. The highest BCUT2D eigenvalue weighted by Crippen LogP contribution is 2.21. The number of thiazole rings is 1. The largest absolute Gasteiger partial charge is 0.354 e. The summed E-state index contributed by atoms with van der Waals surface area (Å²) in [5, 5.41) is 3.82. The van der Waals surface area contributed by atoms with Crippen molar-refractivity contribution in [1.29, 1.82) is 0 Å². The number of fused-ring (bicyclic) bond motifs is 1. The number of nitrogens with one attached hydrogen (secondary N) is 1. The Bertz CT molecular complexity index is 494. The molecule has 2 aromatic rings. The fraction of sp³-hybridized carbons (Fsp3) is 0.333. The summed E-state index contributed by atoms with van der Waals surface area (Å²) in [6, 6.07) is 7.57. The summed E-state index contributed by atoms with van der Waals surface area (Å²) < 4.78 is 1.18. The van der Waals surface area contributed by atoms with Crippen molar-refractivity contribution in [3.05, 3.63) is 29.3 Å². The van der Waals surface area contributed by atoms with Gasteiger partial charge >= 0.3 is 0 Å². The maximum absolute atomic E-state index is 11.3. The van der Waals surface area contributed by atoms with Crippen LogP contribution in [-0.2, 0) is 11.2 Å². The molecule has 1 aromatic carbocycles. The summed E-state index contributed by atoms with van der Waals surface area (Å²) in [7, 11) is 0. The van der Waals surface area contributed by atoms with Gasteiger partial charge in [0.2, 0.25) is 5.91 Å². The minimum Gasteiger partial charge on any atom is -0.354 e. The van der Waals surface area contributed by atoms with Crippen LogP contribution in [0.2, 0.25) is 0 Å². The maximum Gasteiger partial charge on any atom is 0.236 e. The summed E-state index contributed by atoms with van der Waals surface area (Å²) in [4.78, 5) is 15.7. The normalized spacial score (nSPS) is 11.9. The lowest BCUT2D eigenvalue weighted by molar-refractivity contribution is -0.121. The van der Waals surface area contributed by atoms with Crippen LogP contribution in [0.15, 0.2) is 24.3 Å². The summed E-state index contributed by atoms with van der Waals surface area (Å²) in [6.07, 6.45) is 0.748. The highest BCUT2D eigenvalue weighted by molar-refractivity contribution is 7.18. The number of benzene rings is 1. The molecular weight excluding hydrogens is 270 g/mol. The second-order valence-corrected chi connectivity index (χ2v) is 5.02. The van der Waals surface area contributed by atoms with E-state index in [0.717, 1.165) is 16.9 Å². The van der Waals surface area contributed by atoms with Crippen molar-refractivity contribution in [1.82, 2.24) is 10.3 Å². The van der Waals surface area contributed by atoms with E-state index in [1.54, 1.807) is 18.3 Å². The molecule has 0 aliphatic rings. The summed E-state index contributed by atoms with van der Waals surface area (Å²) in [6.45, 7) is 2.26. The van der Waals surface area contributed by atoms with Crippen LogP contribution in [0.5, 0.6) is 0 Å². The Morgan fingerprint density at radius 1 is 1.50 bits per heavy atom. The molecule has 0 radical (unpaired) electrons. The number of nitrogens with two attached hydrogens (primary N) is 1. The fourth-order valence-corrected chi connectivity index (χ4v) is 2.45. The first-order valence-electron chi connectivity index (χ1n) is 5.54. The maximum atomic E-state index is 11.3. The van der Waals surface area contributed by atoms with Crippen LogP contribution in [0, 0.1) is 0 Å². The Morgan fingerprint density at radius 3 is 2.89 bits per heavy atom. The number of amides is 1. The SMILES string of the molecule is C[C@@H](N)C(=O)NCCc1nc2ccccc2s1.Cl. The lowest BCUT2D eigenvalue weighted by Gasteiger charge is -2.05. The number of nitrogens with zero attached hydrogens (tertiary/aromatic N) is 1. The number of hydrogen-bond acceptors (Lipinski definition) is 4. The Balaban J connectivity index is 0.00000162. The number of para-hydroxylation sites is 1. The van der Waals surface area contributed by atoms with Crippen molar-refractivity contribution in [2.75, 3.05) is 6.54 Å². The minimum atomic E-state index is -0.453. The lowest BCUT2D eigenvalue weighted by atomic mass is 10.3. The molecule has 2 rings (SSSR count). The third kappa shape index (κ3) is 3.66. The molecule has 0 bridgehead atoms. The van der Waals surface area contributed by atoms with Gasteiger partial charge in [0.15, 0.2) is 0 Å². The molecule has 1 atom stereocenters. The number of hydrogen-bond donors (Lipinski definition) is 2. The molecule has 98 valence electrons. The zero-order chi connectivity index (χ0) is 12.3. The van der Waals surface area contributed by atoms with Crippen LogP contribution in [-0.4, -0.2) is 23.5 Å². The Hall–Kier alpha value is -1.17. The van der Waals surface area contributed by atoms with Gasteiger partial charge in [0.1, 0.15) is 0 Å². The van der Waals surface area contributed by atoms with Gasteiger partial charge in [-0.25, -0.2) is 4.98 Å². The molecule has 6 heteroatoms. The standard InChI is InChI=1S/C12H15N3OS.ClH/c1-8(13)12(16)14-7-6-11-15-9-4-2-3-5-10(9)17-11;/h2-5,8H,6-7,13H2,1H3,(H,14,16);1H/t8-;/m1./s1. The molecule has 18 heavy (non-hydrogen) atoms. The average Bonchev–Trinajstić information content (AvgIpc) is 2.71. The van der Waals surface area contributed by atoms with Gasteiger partial charge < -0.3 is 11.1 Å². The second kappa shape index (κ2) is 6.68. The number of rotatable bonds is 4. The van der Waals surface area contributed by atoms with Crippen molar-refractivity contribution >= 4 is 39.9 Å². The molecule has 1 heterocycles. The molecule has 0 spiro atoms. The van der Waals surface area contributed by atoms with Crippen LogP contribution in [0.25, 0.3) is 10.2 Å². The summed E-state index contributed by atoms with van der Waals surface area (Å²) >= 11 is 1.66. The third-order valence-electron chi connectivity index (χ3n) is 2.39. The third-order valence-corrected chi connectivity index (χ3v) is 3.49. The first-order chi connectivity index (χ1) is 8.16. The van der Waals surface area contributed by atoms with Crippen molar-refractivity contribution in [2.24, 2.45) is 5.73 Å². The van der Waals surface area contributed by atoms with Crippen LogP contribution >= 0.6 is 23.7 Å². The molecule has 0 saturated carbocycles. The van der Waals surface area contributed by atoms with Crippen molar-refractivity contribution in [3.8, 4) is 0 Å². The second-order valence-electron chi connectivity index (χ2n) is 3.91. The van der Waals surface area contributed by atoms with Gasteiger partial charge in [-0.1, -0.05) is 12.1 Å². The van der Waals surface area contributed by atoms with Gasteiger partial charge in [0.05, 0.1) is 21.3 Å². The molecule has 0 unspecified atom stereocenters. The Labute approximate surface area is 116 Å². The van der Waals surface area contributed by atoms with Gasteiger partial charge in [-0.15, -0.1) is 23.7 Å². The van der Waals surface area contributed by atoms with Crippen LogP contribution in [0.3, 0.4) is 0 Å². The zero-order valence-electron chi connectivity index (χ0n) is 10.1. The van der Waals surface area contributed by atoms with E-state index >= 15 is 0 Å². The van der Waals surface area contributed by atoms with Crippen molar-refractivity contribution in [3.63, 3.8) is 0 Å². The molecular formula is C12H16ClN3OS. The fourth-order valence-electron chi connectivity index (χ4n) is 1.48. The predicted molar refractivity (Wildman–Crippen MR) is 77.2 cm³/mol. The Kier molecular flexibility index (Phi) is 5.53. The molecule has 1 amide bonds. The lowest BCUT2D eigenvalue weighted by Crippen LogP contribution is -2.39.